The highest BCUT2D eigenvalue weighted by molar-refractivity contribution is 6.31. The van der Waals surface area contributed by atoms with Gasteiger partial charge in [-0.2, -0.15) is 4.98 Å². The van der Waals surface area contributed by atoms with Gasteiger partial charge in [-0.3, -0.25) is 0 Å². The van der Waals surface area contributed by atoms with Gasteiger partial charge in [0.05, 0.1) is 14.2 Å². The summed E-state index contributed by atoms with van der Waals surface area (Å²) in [6, 6.07) is 13.1. The molecule has 0 saturated heterocycles. The Bertz CT molecular complexity index is 918. The van der Waals surface area contributed by atoms with E-state index in [0.29, 0.717) is 28.3 Å². The number of aryl methyl sites for hydroxylation is 1. The summed E-state index contributed by atoms with van der Waals surface area (Å²) in [5, 5.41) is 7.07. The van der Waals surface area contributed by atoms with Gasteiger partial charge in [0.2, 0.25) is 5.95 Å². The molecule has 0 bridgehead atoms. The molecule has 1 heterocycles. The zero-order chi connectivity index (χ0) is 18.5. The second-order valence-corrected chi connectivity index (χ2v) is 5.96. The monoisotopic (exact) mass is 370 g/mol. The summed E-state index contributed by atoms with van der Waals surface area (Å²) in [6.07, 6.45) is 1.67. The molecule has 2 N–H and O–H groups in total. The van der Waals surface area contributed by atoms with Crippen LogP contribution in [0.1, 0.15) is 5.56 Å². The van der Waals surface area contributed by atoms with Gasteiger partial charge in [0.1, 0.15) is 5.82 Å². The second-order valence-electron chi connectivity index (χ2n) is 5.55. The van der Waals surface area contributed by atoms with Crippen LogP contribution in [0.15, 0.2) is 48.7 Å². The van der Waals surface area contributed by atoms with E-state index in [1.807, 2.05) is 43.3 Å². The number of benzene rings is 2. The van der Waals surface area contributed by atoms with Crippen LogP contribution in [0, 0.1) is 6.92 Å². The average Bonchev–Trinajstić information content (AvgIpc) is 2.65. The predicted octanol–water partition coefficient (Wildman–Crippen LogP) is 4.94. The first-order chi connectivity index (χ1) is 12.6. The van der Waals surface area contributed by atoms with Crippen LogP contribution in [0.3, 0.4) is 0 Å². The Kier molecular flexibility index (Phi) is 5.43. The Hall–Kier alpha value is -2.99. The number of hydrogen-bond donors (Lipinski definition) is 2. The molecule has 3 aromatic rings. The smallest absolute Gasteiger partial charge is 0.229 e. The Labute approximate surface area is 157 Å². The van der Waals surface area contributed by atoms with E-state index >= 15 is 0 Å². The zero-order valence-electron chi connectivity index (χ0n) is 14.7. The molecule has 0 aliphatic heterocycles. The van der Waals surface area contributed by atoms with E-state index in [2.05, 4.69) is 20.6 Å². The molecule has 3 rings (SSSR count). The summed E-state index contributed by atoms with van der Waals surface area (Å²) in [5.41, 5.74) is 2.67. The van der Waals surface area contributed by atoms with Crippen LogP contribution in [-0.4, -0.2) is 24.2 Å². The molecule has 0 spiro atoms. The van der Waals surface area contributed by atoms with Gasteiger partial charge in [0.15, 0.2) is 11.5 Å². The number of hydrogen-bond acceptors (Lipinski definition) is 6. The first-order valence-electron chi connectivity index (χ1n) is 7.94. The number of nitrogens with zero attached hydrogens (tertiary/aromatic N) is 2. The Morgan fingerprint density at radius 2 is 1.62 bits per heavy atom. The third-order valence-electron chi connectivity index (χ3n) is 3.74. The third-order valence-corrected chi connectivity index (χ3v) is 4.15. The molecule has 26 heavy (non-hydrogen) atoms. The lowest BCUT2D eigenvalue weighted by Gasteiger charge is -2.11. The van der Waals surface area contributed by atoms with E-state index in [4.69, 9.17) is 21.1 Å². The zero-order valence-corrected chi connectivity index (χ0v) is 15.5. The van der Waals surface area contributed by atoms with Gasteiger partial charge in [-0.1, -0.05) is 17.7 Å². The SMILES string of the molecule is COc1ccc(Nc2nccc(Nc3ccc(C)c(Cl)c3)n2)cc1OC. The second kappa shape index (κ2) is 7.93. The van der Waals surface area contributed by atoms with Crippen molar-refractivity contribution in [2.45, 2.75) is 6.92 Å². The molecule has 6 nitrogen and oxygen atoms in total. The highest BCUT2D eigenvalue weighted by Crippen LogP contribution is 2.30. The average molecular weight is 371 g/mol. The van der Waals surface area contributed by atoms with Crippen molar-refractivity contribution in [2.75, 3.05) is 24.9 Å². The number of anilines is 4. The molecule has 7 heteroatoms. The van der Waals surface area contributed by atoms with Gasteiger partial charge in [-0.15, -0.1) is 0 Å². The first kappa shape index (κ1) is 17.8. The van der Waals surface area contributed by atoms with E-state index in [9.17, 15) is 0 Å². The van der Waals surface area contributed by atoms with E-state index in [1.54, 1.807) is 26.5 Å². The maximum atomic E-state index is 6.16. The van der Waals surface area contributed by atoms with Crippen molar-refractivity contribution >= 4 is 34.7 Å². The fourth-order valence-corrected chi connectivity index (χ4v) is 2.53. The number of halogens is 1. The number of aromatic nitrogens is 2. The maximum Gasteiger partial charge on any atom is 0.229 e. The van der Waals surface area contributed by atoms with Crippen LogP contribution in [0.5, 0.6) is 11.5 Å². The fraction of sp³-hybridized carbons (Fsp3) is 0.158. The topological polar surface area (TPSA) is 68.3 Å². The maximum absolute atomic E-state index is 6.16. The van der Waals surface area contributed by atoms with Crippen LogP contribution in [-0.2, 0) is 0 Å². The van der Waals surface area contributed by atoms with Crippen LogP contribution < -0.4 is 20.1 Å². The molecular formula is C19H19ClN4O2. The lowest BCUT2D eigenvalue weighted by molar-refractivity contribution is 0.355. The number of rotatable bonds is 6. The van der Waals surface area contributed by atoms with Gasteiger partial charge in [-0.05, 0) is 42.8 Å². The molecule has 134 valence electrons. The van der Waals surface area contributed by atoms with Crippen LogP contribution in [0.25, 0.3) is 0 Å². The molecule has 2 aromatic carbocycles. The highest BCUT2D eigenvalue weighted by atomic mass is 35.5. The number of methoxy groups -OCH3 is 2. The van der Waals surface area contributed by atoms with Gasteiger partial charge in [0, 0.05) is 28.7 Å². The number of ether oxygens (including phenoxy) is 2. The minimum Gasteiger partial charge on any atom is -0.493 e. The molecule has 0 aliphatic carbocycles. The summed E-state index contributed by atoms with van der Waals surface area (Å²) in [5.74, 6) is 2.40. The molecule has 0 radical (unpaired) electrons. The highest BCUT2D eigenvalue weighted by Gasteiger charge is 2.07. The van der Waals surface area contributed by atoms with Crippen LogP contribution in [0.4, 0.5) is 23.1 Å². The molecule has 0 atom stereocenters. The molecule has 0 amide bonds. The van der Waals surface area contributed by atoms with Gasteiger partial charge in [-0.25, -0.2) is 4.98 Å². The molecule has 0 aliphatic rings. The molecule has 0 fully saturated rings. The van der Waals surface area contributed by atoms with Crippen LogP contribution in [0.2, 0.25) is 5.02 Å². The van der Waals surface area contributed by atoms with E-state index < -0.39 is 0 Å². The molecule has 0 unspecified atom stereocenters. The third kappa shape index (κ3) is 4.15. The largest absolute Gasteiger partial charge is 0.493 e. The first-order valence-corrected chi connectivity index (χ1v) is 8.32. The van der Waals surface area contributed by atoms with Gasteiger partial charge < -0.3 is 20.1 Å². The van der Waals surface area contributed by atoms with Crippen molar-refractivity contribution in [2.24, 2.45) is 0 Å². The lowest BCUT2D eigenvalue weighted by Crippen LogP contribution is -2.01. The van der Waals surface area contributed by atoms with Crippen molar-refractivity contribution in [1.29, 1.82) is 0 Å². The van der Waals surface area contributed by atoms with E-state index in [-0.39, 0.29) is 0 Å². The summed E-state index contributed by atoms with van der Waals surface area (Å²) >= 11 is 6.16. The molecule has 1 aromatic heterocycles. The predicted molar refractivity (Wildman–Crippen MR) is 104 cm³/mol. The van der Waals surface area contributed by atoms with Crippen molar-refractivity contribution in [3.63, 3.8) is 0 Å². The van der Waals surface area contributed by atoms with Crippen molar-refractivity contribution in [3.8, 4) is 11.5 Å². The molecule has 0 saturated carbocycles. The summed E-state index contributed by atoms with van der Waals surface area (Å²) < 4.78 is 10.5. The molecular weight excluding hydrogens is 352 g/mol. The Balaban J connectivity index is 1.78. The summed E-state index contributed by atoms with van der Waals surface area (Å²) in [4.78, 5) is 8.71. The van der Waals surface area contributed by atoms with Crippen LogP contribution >= 0.6 is 11.6 Å². The minimum absolute atomic E-state index is 0.459. The van der Waals surface area contributed by atoms with Crippen molar-refractivity contribution in [3.05, 3.63) is 59.2 Å². The summed E-state index contributed by atoms with van der Waals surface area (Å²) in [7, 11) is 3.19. The Morgan fingerprint density at radius 3 is 2.35 bits per heavy atom. The summed E-state index contributed by atoms with van der Waals surface area (Å²) in [6.45, 7) is 1.96. The standard InChI is InChI=1S/C19H19ClN4O2/c1-12-4-5-13(10-15(12)20)22-18-8-9-21-19(24-18)23-14-6-7-16(25-2)17(11-14)26-3/h4-11H,1-3H3,(H2,21,22,23,24). The normalized spacial score (nSPS) is 10.3. The van der Waals surface area contributed by atoms with E-state index in [0.717, 1.165) is 16.9 Å². The van der Waals surface area contributed by atoms with Gasteiger partial charge in [0.25, 0.3) is 0 Å². The fourth-order valence-electron chi connectivity index (χ4n) is 2.35. The quantitative estimate of drug-likeness (QED) is 0.640. The van der Waals surface area contributed by atoms with Gasteiger partial charge >= 0.3 is 0 Å². The minimum atomic E-state index is 0.459. The van der Waals surface area contributed by atoms with Crippen molar-refractivity contribution in [1.82, 2.24) is 9.97 Å². The van der Waals surface area contributed by atoms with Crippen molar-refractivity contribution < 1.29 is 9.47 Å². The number of nitrogens with one attached hydrogen (secondary N) is 2. The van der Waals surface area contributed by atoms with E-state index in [1.165, 1.54) is 0 Å². The Morgan fingerprint density at radius 1 is 0.885 bits per heavy atom. The lowest BCUT2D eigenvalue weighted by atomic mass is 10.2.